The number of amides is 1. The van der Waals surface area contributed by atoms with Crippen LogP contribution < -0.4 is 10.1 Å². The molecule has 0 fully saturated rings. The molecule has 0 saturated carbocycles. The summed E-state index contributed by atoms with van der Waals surface area (Å²) in [7, 11) is 2.57. The van der Waals surface area contributed by atoms with Gasteiger partial charge in [0.25, 0.3) is 5.91 Å². The van der Waals surface area contributed by atoms with Crippen LogP contribution in [0.15, 0.2) is 36.4 Å². The third-order valence-corrected chi connectivity index (χ3v) is 3.64. The lowest BCUT2D eigenvalue weighted by molar-refractivity contribution is -0.131. The fourth-order valence-electron chi connectivity index (χ4n) is 2.28. The van der Waals surface area contributed by atoms with Gasteiger partial charge in [-0.15, -0.1) is 0 Å². The fourth-order valence-corrected chi connectivity index (χ4v) is 2.28. The summed E-state index contributed by atoms with van der Waals surface area (Å²) in [5, 5.41) is 21.1. The summed E-state index contributed by atoms with van der Waals surface area (Å²) < 4.78 is 24.2. The summed E-state index contributed by atoms with van der Waals surface area (Å²) in [6.45, 7) is 0.189. The van der Waals surface area contributed by atoms with Crippen molar-refractivity contribution in [3.05, 3.63) is 58.9 Å². The molecule has 0 unspecified atom stereocenters. The van der Waals surface area contributed by atoms with Crippen molar-refractivity contribution in [2.45, 2.75) is 12.6 Å². The largest absolute Gasteiger partial charge is 0.502 e. The summed E-state index contributed by atoms with van der Waals surface area (Å²) in [5.41, 5.74) is 1.19. The van der Waals surface area contributed by atoms with Crippen LogP contribution in [-0.4, -0.2) is 25.2 Å². The number of nitrogens with zero attached hydrogens (tertiary/aromatic N) is 1. The molecule has 6 nitrogen and oxygen atoms in total. The number of aromatic hydroxyl groups is 1. The van der Waals surface area contributed by atoms with Crippen LogP contribution in [0, 0.1) is 17.1 Å². The van der Waals surface area contributed by atoms with Gasteiger partial charge in [0.15, 0.2) is 23.4 Å². The van der Waals surface area contributed by atoms with Crippen LogP contribution in [0.4, 0.5) is 4.39 Å². The van der Waals surface area contributed by atoms with Crippen LogP contribution >= 0.6 is 0 Å². The molecule has 0 aliphatic carbocycles. The predicted octanol–water partition coefficient (Wildman–Crippen LogP) is 2.42. The lowest BCUT2D eigenvalue weighted by Crippen LogP contribution is -2.30. The van der Waals surface area contributed by atoms with E-state index in [0.717, 1.165) is 5.56 Å². The minimum Gasteiger partial charge on any atom is -0.502 e. The number of carbonyl (C=O) groups is 1. The highest BCUT2D eigenvalue weighted by Crippen LogP contribution is 2.34. The Hall–Kier alpha value is -3.11. The zero-order chi connectivity index (χ0) is 18.4. The highest BCUT2D eigenvalue weighted by atomic mass is 19.1. The van der Waals surface area contributed by atoms with Crippen LogP contribution in [0.25, 0.3) is 0 Å². The molecule has 1 atom stereocenters. The molecule has 0 aliphatic heterocycles. The second-order valence-electron chi connectivity index (χ2n) is 5.16. The Morgan fingerprint density at radius 3 is 2.52 bits per heavy atom. The maximum absolute atomic E-state index is 14.3. The number of nitriles is 1. The van der Waals surface area contributed by atoms with Crippen LogP contribution in [0.2, 0.25) is 0 Å². The second-order valence-corrected chi connectivity index (χ2v) is 5.16. The summed E-state index contributed by atoms with van der Waals surface area (Å²) in [6.07, 6.45) is -1.23. The average molecular weight is 344 g/mol. The number of methoxy groups -OCH3 is 2. The van der Waals surface area contributed by atoms with E-state index in [9.17, 15) is 14.3 Å². The molecule has 25 heavy (non-hydrogen) atoms. The zero-order valence-electron chi connectivity index (χ0n) is 13.7. The number of rotatable bonds is 6. The van der Waals surface area contributed by atoms with Crippen LogP contribution in [0.1, 0.15) is 22.8 Å². The van der Waals surface area contributed by atoms with Crippen molar-refractivity contribution in [2.24, 2.45) is 0 Å². The van der Waals surface area contributed by atoms with E-state index in [1.54, 1.807) is 24.3 Å². The summed E-state index contributed by atoms with van der Waals surface area (Å²) in [4.78, 5) is 12.3. The van der Waals surface area contributed by atoms with Crippen molar-refractivity contribution >= 4 is 5.91 Å². The Kier molecular flexibility index (Phi) is 5.93. The van der Waals surface area contributed by atoms with Crippen LogP contribution in [0.3, 0.4) is 0 Å². The van der Waals surface area contributed by atoms with Crippen LogP contribution in [-0.2, 0) is 16.1 Å². The molecule has 0 radical (unpaired) electrons. The van der Waals surface area contributed by atoms with Crippen molar-refractivity contribution in [2.75, 3.05) is 14.2 Å². The molecule has 2 rings (SSSR count). The first-order valence-corrected chi connectivity index (χ1v) is 7.36. The summed E-state index contributed by atoms with van der Waals surface area (Å²) in [6, 6.07) is 11.4. The minimum atomic E-state index is -1.23. The van der Waals surface area contributed by atoms with Gasteiger partial charge in [0.05, 0.1) is 18.7 Å². The number of halogens is 1. The quantitative estimate of drug-likeness (QED) is 0.840. The highest BCUT2D eigenvalue weighted by molar-refractivity contribution is 5.82. The molecular formula is C18H17FN2O4. The number of carbonyl (C=O) groups excluding carboxylic acids is 1. The van der Waals surface area contributed by atoms with E-state index in [1.165, 1.54) is 26.4 Å². The van der Waals surface area contributed by atoms with E-state index in [-0.39, 0.29) is 17.9 Å². The standard InChI is InChI=1S/C18H17FN2O4/c1-24-14-8-7-13(15(19)16(14)22)17(25-2)18(23)21-10-12-5-3-11(9-20)4-6-12/h3-8,17,22H,10H2,1-2H3,(H,21,23)/t17-/m0/s1. The maximum Gasteiger partial charge on any atom is 0.254 e. The molecule has 0 saturated heterocycles. The first kappa shape index (κ1) is 18.2. The van der Waals surface area contributed by atoms with Crippen molar-refractivity contribution in [1.29, 1.82) is 5.26 Å². The maximum atomic E-state index is 14.3. The molecular weight excluding hydrogens is 327 g/mol. The van der Waals surface area contributed by atoms with Gasteiger partial charge < -0.3 is 19.9 Å². The van der Waals surface area contributed by atoms with E-state index in [2.05, 4.69) is 5.32 Å². The van der Waals surface area contributed by atoms with E-state index in [4.69, 9.17) is 14.7 Å². The molecule has 2 N–H and O–H groups in total. The SMILES string of the molecule is COc1ccc([C@H](OC)C(=O)NCc2ccc(C#N)cc2)c(F)c1O. The Morgan fingerprint density at radius 1 is 1.28 bits per heavy atom. The van der Waals surface area contributed by atoms with E-state index in [0.29, 0.717) is 5.56 Å². The highest BCUT2D eigenvalue weighted by Gasteiger charge is 2.26. The lowest BCUT2D eigenvalue weighted by atomic mass is 10.1. The van der Waals surface area contributed by atoms with Crippen molar-refractivity contribution < 1.29 is 23.8 Å². The Balaban J connectivity index is 2.13. The Morgan fingerprint density at radius 2 is 1.96 bits per heavy atom. The molecule has 0 bridgehead atoms. The average Bonchev–Trinajstić information content (AvgIpc) is 2.64. The van der Waals surface area contributed by atoms with Gasteiger partial charge in [-0.25, -0.2) is 4.39 Å². The number of phenolic OH excluding ortho intramolecular Hbond substituents is 1. The molecule has 2 aromatic rings. The zero-order valence-corrected chi connectivity index (χ0v) is 13.7. The van der Waals surface area contributed by atoms with Gasteiger partial charge in [-0.1, -0.05) is 12.1 Å². The topological polar surface area (TPSA) is 91.6 Å². The van der Waals surface area contributed by atoms with Crippen molar-refractivity contribution in [3.8, 4) is 17.6 Å². The summed E-state index contributed by atoms with van der Waals surface area (Å²) in [5.74, 6) is -2.24. The predicted molar refractivity (Wildman–Crippen MR) is 87.4 cm³/mol. The first-order valence-electron chi connectivity index (χ1n) is 7.36. The molecule has 1 amide bonds. The second kappa shape index (κ2) is 8.13. The molecule has 130 valence electrons. The van der Waals surface area contributed by atoms with Gasteiger partial charge in [-0.2, -0.15) is 5.26 Å². The molecule has 2 aromatic carbocycles. The third-order valence-electron chi connectivity index (χ3n) is 3.64. The van der Waals surface area contributed by atoms with Crippen molar-refractivity contribution in [3.63, 3.8) is 0 Å². The normalized spacial score (nSPS) is 11.4. The van der Waals surface area contributed by atoms with Gasteiger partial charge >= 0.3 is 0 Å². The van der Waals surface area contributed by atoms with Crippen molar-refractivity contribution in [1.82, 2.24) is 5.32 Å². The van der Waals surface area contributed by atoms with Gasteiger partial charge in [-0.05, 0) is 29.8 Å². The lowest BCUT2D eigenvalue weighted by Gasteiger charge is -2.17. The number of ether oxygens (including phenoxy) is 2. The smallest absolute Gasteiger partial charge is 0.254 e. The molecule has 0 aromatic heterocycles. The van der Waals surface area contributed by atoms with Gasteiger partial charge in [0.2, 0.25) is 0 Å². The number of hydrogen-bond acceptors (Lipinski definition) is 5. The molecule has 0 spiro atoms. The number of nitrogens with one attached hydrogen (secondary N) is 1. The minimum absolute atomic E-state index is 0.0332. The summed E-state index contributed by atoms with van der Waals surface area (Å²) >= 11 is 0. The van der Waals surface area contributed by atoms with Gasteiger partial charge in [0, 0.05) is 19.2 Å². The number of hydrogen-bond donors (Lipinski definition) is 2. The number of phenols is 1. The third kappa shape index (κ3) is 4.05. The van der Waals surface area contributed by atoms with E-state index in [1.807, 2.05) is 6.07 Å². The first-order chi connectivity index (χ1) is 12.0. The number of benzene rings is 2. The molecule has 7 heteroatoms. The Bertz CT molecular complexity index is 800. The monoisotopic (exact) mass is 344 g/mol. The molecule has 0 heterocycles. The van der Waals surface area contributed by atoms with Crippen LogP contribution in [0.5, 0.6) is 11.5 Å². The van der Waals surface area contributed by atoms with Gasteiger partial charge in [0.1, 0.15) is 0 Å². The Labute approximate surface area is 144 Å². The van der Waals surface area contributed by atoms with Gasteiger partial charge in [-0.3, -0.25) is 4.79 Å². The van der Waals surface area contributed by atoms with E-state index >= 15 is 0 Å². The fraction of sp³-hybridized carbons (Fsp3) is 0.222. The van der Waals surface area contributed by atoms with E-state index < -0.39 is 23.6 Å². The molecule has 0 aliphatic rings.